The Morgan fingerprint density at radius 2 is 2.10 bits per heavy atom. The maximum Gasteiger partial charge on any atom is 0.236 e. The van der Waals surface area contributed by atoms with Crippen LogP contribution in [0.3, 0.4) is 0 Å². The number of methoxy groups -OCH3 is 1. The standard InChI is InChI=1S/C14H16N2O3S2/c1-18-11-2-4-12(5-3-11)19-7-9-20-10-13(17)16-14-15-6-8-21-14/h2-6,8H,7,9-10H2,1H3,(H,15,16,17). The van der Waals surface area contributed by atoms with Crippen LogP contribution in [0.1, 0.15) is 0 Å². The Bertz CT molecular complexity index is 544. The Kier molecular flexibility index (Phi) is 6.36. The molecule has 1 N–H and O–H groups in total. The van der Waals surface area contributed by atoms with Crippen LogP contribution in [0.25, 0.3) is 0 Å². The lowest BCUT2D eigenvalue weighted by atomic mass is 10.3. The first-order chi connectivity index (χ1) is 10.3. The minimum Gasteiger partial charge on any atom is -0.497 e. The lowest BCUT2D eigenvalue weighted by Gasteiger charge is -2.07. The summed E-state index contributed by atoms with van der Waals surface area (Å²) in [4.78, 5) is 15.6. The molecular formula is C14H16N2O3S2. The van der Waals surface area contributed by atoms with Crippen LogP contribution in [-0.4, -0.2) is 36.1 Å². The number of nitrogens with zero attached hydrogens (tertiary/aromatic N) is 1. The molecule has 0 radical (unpaired) electrons. The van der Waals surface area contributed by atoms with E-state index in [0.29, 0.717) is 17.5 Å². The first-order valence-electron chi connectivity index (χ1n) is 6.32. The number of carbonyl (C=O) groups excluding carboxylic acids is 1. The Hall–Kier alpha value is -1.73. The largest absolute Gasteiger partial charge is 0.497 e. The summed E-state index contributed by atoms with van der Waals surface area (Å²) in [7, 11) is 1.63. The van der Waals surface area contributed by atoms with Gasteiger partial charge < -0.3 is 14.8 Å². The van der Waals surface area contributed by atoms with E-state index >= 15 is 0 Å². The highest BCUT2D eigenvalue weighted by Gasteiger charge is 2.04. The Morgan fingerprint density at radius 1 is 1.33 bits per heavy atom. The van der Waals surface area contributed by atoms with Crippen LogP contribution in [0, 0.1) is 0 Å². The molecule has 0 spiro atoms. The molecule has 1 aromatic heterocycles. The van der Waals surface area contributed by atoms with Gasteiger partial charge in [0.05, 0.1) is 19.5 Å². The van der Waals surface area contributed by atoms with Crippen molar-refractivity contribution < 1.29 is 14.3 Å². The summed E-state index contributed by atoms with van der Waals surface area (Å²) >= 11 is 2.93. The molecule has 0 bridgehead atoms. The average Bonchev–Trinajstić information content (AvgIpc) is 3.00. The van der Waals surface area contributed by atoms with Crippen LogP contribution in [0.4, 0.5) is 5.13 Å². The molecule has 0 saturated carbocycles. The van der Waals surface area contributed by atoms with E-state index < -0.39 is 0 Å². The molecule has 0 aliphatic rings. The van der Waals surface area contributed by atoms with Crippen LogP contribution in [0.2, 0.25) is 0 Å². The van der Waals surface area contributed by atoms with Gasteiger partial charge in [0.2, 0.25) is 5.91 Å². The van der Waals surface area contributed by atoms with Gasteiger partial charge in [-0.25, -0.2) is 4.98 Å². The number of aromatic nitrogens is 1. The van der Waals surface area contributed by atoms with Gasteiger partial charge in [0, 0.05) is 17.3 Å². The highest BCUT2D eigenvalue weighted by atomic mass is 32.2. The smallest absolute Gasteiger partial charge is 0.236 e. The molecule has 0 atom stereocenters. The van der Waals surface area contributed by atoms with Gasteiger partial charge in [-0.3, -0.25) is 4.79 Å². The molecule has 0 aliphatic carbocycles. The quantitative estimate of drug-likeness (QED) is 0.757. The lowest BCUT2D eigenvalue weighted by molar-refractivity contribution is -0.113. The van der Waals surface area contributed by atoms with Crippen LogP contribution in [0.15, 0.2) is 35.8 Å². The molecule has 0 fully saturated rings. The molecule has 2 rings (SSSR count). The van der Waals surface area contributed by atoms with E-state index in [2.05, 4.69) is 10.3 Å². The monoisotopic (exact) mass is 324 g/mol. The first-order valence-corrected chi connectivity index (χ1v) is 8.35. The molecule has 112 valence electrons. The maximum absolute atomic E-state index is 11.6. The Morgan fingerprint density at radius 3 is 2.76 bits per heavy atom. The van der Waals surface area contributed by atoms with E-state index in [0.717, 1.165) is 17.3 Å². The minimum absolute atomic E-state index is 0.0422. The average molecular weight is 324 g/mol. The van der Waals surface area contributed by atoms with Crippen molar-refractivity contribution in [3.05, 3.63) is 35.8 Å². The van der Waals surface area contributed by atoms with Crippen LogP contribution < -0.4 is 14.8 Å². The molecule has 7 heteroatoms. The van der Waals surface area contributed by atoms with Crippen LogP contribution in [0.5, 0.6) is 11.5 Å². The summed E-state index contributed by atoms with van der Waals surface area (Å²) < 4.78 is 10.6. The molecule has 1 amide bonds. The van der Waals surface area contributed by atoms with Crippen LogP contribution >= 0.6 is 23.1 Å². The molecule has 0 unspecified atom stereocenters. The second-order valence-electron chi connectivity index (χ2n) is 3.96. The second-order valence-corrected chi connectivity index (χ2v) is 5.96. The molecule has 1 aromatic carbocycles. The number of ether oxygens (including phenoxy) is 2. The number of rotatable bonds is 8. The van der Waals surface area contributed by atoms with Gasteiger partial charge in [-0.15, -0.1) is 23.1 Å². The van der Waals surface area contributed by atoms with Gasteiger partial charge in [0.25, 0.3) is 0 Å². The maximum atomic E-state index is 11.6. The van der Waals surface area contributed by atoms with Gasteiger partial charge in [-0.1, -0.05) is 0 Å². The number of thiazole rings is 1. The molecule has 1 heterocycles. The van der Waals surface area contributed by atoms with Gasteiger partial charge in [-0.2, -0.15) is 0 Å². The number of anilines is 1. The van der Waals surface area contributed by atoms with Crippen LogP contribution in [-0.2, 0) is 4.79 Å². The first kappa shape index (κ1) is 15.7. The van der Waals surface area contributed by atoms with E-state index in [4.69, 9.17) is 9.47 Å². The number of carbonyl (C=O) groups is 1. The van der Waals surface area contributed by atoms with Crippen molar-refractivity contribution in [2.24, 2.45) is 0 Å². The fourth-order valence-electron chi connectivity index (χ4n) is 1.50. The molecule has 2 aromatic rings. The van der Waals surface area contributed by atoms with E-state index in [9.17, 15) is 4.79 Å². The van der Waals surface area contributed by atoms with Gasteiger partial charge in [0.15, 0.2) is 5.13 Å². The molecule has 5 nitrogen and oxygen atoms in total. The summed E-state index contributed by atoms with van der Waals surface area (Å²) in [6.45, 7) is 0.557. The second kappa shape index (κ2) is 8.53. The van der Waals surface area contributed by atoms with E-state index in [1.54, 1.807) is 13.3 Å². The highest BCUT2D eigenvalue weighted by Crippen LogP contribution is 2.17. The van der Waals surface area contributed by atoms with Crippen molar-refractivity contribution in [3.63, 3.8) is 0 Å². The Labute approximate surface area is 131 Å². The number of benzene rings is 1. The topological polar surface area (TPSA) is 60.5 Å². The zero-order valence-electron chi connectivity index (χ0n) is 11.6. The summed E-state index contributed by atoms with van der Waals surface area (Å²) in [5.74, 6) is 2.70. The highest BCUT2D eigenvalue weighted by molar-refractivity contribution is 7.99. The number of hydrogen-bond donors (Lipinski definition) is 1. The number of nitrogens with one attached hydrogen (secondary N) is 1. The van der Waals surface area contributed by atoms with Crippen molar-refractivity contribution >= 4 is 34.1 Å². The number of thioether (sulfide) groups is 1. The zero-order chi connectivity index (χ0) is 14.9. The van der Waals surface area contributed by atoms with Crippen molar-refractivity contribution in [3.8, 4) is 11.5 Å². The molecule has 0 saturated heterocycles. The third-order valence-electron chi connectivity index (χ3n) is 2.47. The zero-order valence-corrected chi connectivity index (χ0v) is 13.2. The number of hydrogen-bond acceptors (Lipinski definition) is 6. The van der Waals surface area contributed by atoms with E-state index in [1.165, 1.54) is 23.1 Å². The van der Waals surface area contributed by atoms with E-state index in [-0.39, 0.29) is 5.91 Å². The third kappa shape index (κ3) is 5.65. The van der Waals surface area contributed by atoms with Gasteiger partial charge in [-0.05, 0) is 24.3 Å². The van der Waals surface area contributed by atoms with Crippen molar-refractivity contribution in [2.45, 2.75) is 0 Å². The van der Waals surface area contributed by atoms with E-state index in [1.807, 2.05) is 29.6 Å². The lowest BCUT2D eigenvalue weighted by Crippen LogP contribution is -2.14. The normalized spacial score (nSPS) is 10.1. The molecule has 0 aliphatic heterocycles. The number of amides is 1. The SMILES string of the molecule is COc1ccc(OCCSCC(=O)Nc2nccs2)cc1. The van der Waals surface area contributed by atoms with Crippen molar-refractivity contribution in [1.29, 1.82) is 0 Å². The molecule has 21 heavy (non-hydrogen) atoms. The van der Waals surface area contributed by atoms with Gasteiger partial charge >= 0.3 is 0 Å². The third-order valence-corrected chi connectivity index (χ3v) is 4.08. The summed E-state index contributed by atoms with van der Waals surface area (Å²) in [5, 5.41) is 5.20. The summed E-state index contributed by atoms with van der Waals surface area (Å²) in [6.07, 6.45) is 1.66. The summed E-state index contributed by atoms with van der Waals surface area (Å²) in [5.41, 5.74) is 0. The van der Waals surface area contributed by atoms with Crippen molar-refractivity contribution in [1.82, 2.24) is 4.98 Å². The Balaban J connectivity index is 1.58. The minimum atomic E-state index is -0.0422. The fourth-order valence-corrected chi connectivity index (χ4v) is 2.64. The molecular weight excluding hydrogens is 308 g/mol. The van der Waals surface area contributed by atoms with Gasteiger partial charge in [0.1, 0.15) is 11.5 Å². The van der Waals surface area contributed by atoms with Crippen molar-refractivity contribution in [2.75, 3.05) is 30.5 Å². The summed E-state index contributed by atoms with van der Waals surface area (Å²) in [6, 6.07) is 7.42. The predicted molar refractivity (Wildman–Crippen MR) is 86.6 cm³/mol. The fraction of sp³-hybridized carbons (Fsp3) is 0.286. The predicted octanol–water partition coefficient (Wildman–Crippen LogP) is 2.90.